The molecule has 0 atom stereocenters. The fraction of sp³-hybridized carbons (Fsp3) is 0.111. The first kappa shape index (κ1) is 7.36. The summed E-state index contributed by atoms with van der Waals surface area (Å²) in [6, 6.07) is 10.2. The molecule has 0 heterocycles. The van der Waals surface area contributed by atoms with E-state index in [0.717, 1.165) is 6.42 Å². The first-order chi connectivity index (χ1) is 4.93. The van der Waals surface area contributed by atoms with Crippen LogP contribution in [0.25, 0.3) is 0 Å². The molecule has 52 valence electrons. The van der Waals surface area contributed by atoms with Crippen molar-refractivity contribution in [2.45, 2.75) is 6.42 Å². The van der Waals surface area contributed by atoms with Gasteiger partial charge in [0.05, 0.1) is 0 Å². The van der Waals surface area contributed by atoms with Crippen molar-refractivity contribution in [3.8, 4) is 0 Å². The first-order valence-electron chi connectivity index (χ1n) is 3.22. The van der Waals surface area contributed by atoms with Crippen molar-refractivity contribution in [3.05, 3.63) is 47.5 Å². The summed E-state index contributed by atoms with van der Waals surface area (Å²) in [6.45, 7) is 0. The Labute approximate surface area is 66.1 Å². The Balaban J connectivity index is 2.59. The van der Waals surface area contributed by atoms with Gasteiger partial charge in [-0.15, -0.1) is 0 Å². The van der Waals surface area contributed by atoms with Crippen LogP contribution >= 0.6 is 11.6 Å². The lowest BCUT2D eigenvalue weighted by Crippen LogP contribution is -1.76. The second-order valence-corrected chi connectivity index (χ2v) is 2.30. The number of hydrogen-bond donors (Lipinski definition) is 0. The van der Waals surface area contributed by atoms with E-state index in [-0.39, 0.29) is 0 Å². The van der Waals surface area contributed by atoms with Gasteiger partial charge in [0.2, 0.25) is 0 Å². The number of halogens is 1. The molecular weight excluding hydrogens is 144 g/mol. The average molecular weight is 153 g/mol. The molecule has 0 aliphatic rings. The van der Waals surface area contributed by atoms with Crippen LogP contribution < -0.4 is 0 Å². The predicted molar refractivity (Wildman–Crippen MR) is 45.1 cm³/mol. The predicted octanol–water partition coefficient (Wildman–Crippen LogP) is 2.98. The van der Waals surface area contributed by atoms with E-state index in [4.69, 9.17) is 11.6 Å². The van der Waals surface area contributed by atoms with Crippen LogP contribution in [0.1, 0.15) is 5.56 Å². The molecule has 0 aliphatic carbocycles. The normalized spacial score (nSPS) is 10.5. The third kappa shape index (κ3) is 2.24. The quantitative estimate of drug-likeness (QED) is 0.611. The molecule has 0 fully saturated rings. The number of allylic oxidation sites excluding steroid dienone is 1. The van der Waals surface area contributed by atoms with Crippen LogP contribution in [-0.4, -0.2) is 0 Å². The lowest BCUT2D eigenvalue weighted by atomic mass is 10.2. The Morgan fingerprint density at radius 3 is 2.50 bits per heavy atom. The van der Waals surface area contributed by atoms with Crippen molar-refractivity contribution in [2.24, 2.45) is 0 Å². The highest BCUT2D eigenvalue weighted by Crippen LogP contribution is 1.99. The van der Waals surface area contributed by atoms with E-state index in [1.54, 1.807) is 5.54 Å². The summed E-state index contributed by atoms with van der Waals surface area (Å²) in [4.78, 5) is 0. The molecule has 0 radical (unpaired) electrons. The van der Waals surface area contributed by atoms with Crippen molar-refractivity contribution >= 4 is 11.6 Å². The number of hydrogen-bond acceptors (Lipinski definition) is 0. The summed E-state index contributed by atoms with van der Waals surface area (Å²) in [6.07, 6.45) is 2.85. The van der Waals surface area contributed by atoms with Crippen LogP contribution in [-0.2, 0) is 6.42 Å². The largest absolute Gasteiger partial charge is 0.0933 e. The summed E-state index contributed by atoms with van der Waals surface area (Å²) in [5.74, 6) is 0. The molecule has 0 aromatic heterocycles. The maximum absolute atomic E-state index is 5.37. The minimum absolute atomic E-state index is 0.921. The third-order valence-corrected chi connectivity index (χ3v) is 1.46. The summed E-state index contributed by atoms with van der Waals surface area (Å²) in [5.41, 5.74) is 2.84. The van der Waals surface area contributed by atoms with Gasteiger partial charge in [-0.1, -0.05) is 48.0 Å². The lowest BCUT2D eigenvalue weighted by molar-refractivity contribution is 1.28. The van der Waals surface area contributed by atoms with E-state index in [9.17, 15) is 0 Å². The minimum Gasteiger partial charge on any atom is -0.0933 e. The van der Waals surface area contributed by atoms with Gasteiger partial charge in [-0.3, -0.25) is 0 Å². The maximum Gasteiger partial charge on any atom is 0.000580 e. The van der Waals surface area contributed by atoms with E-state index < -0.39 is 0 Å². The van der Waals surface area contributed by atoms with Crippen LogP contribution in [0.5, 0.6) is 0 Å². The number of benzene rings is 1. The summed E-state index contributed by atoms with van der Waals surface area (Å²) in [5, 5.41) is 0. The molecule has 1 heteroatoms. The van der Waals surface area contributed by atoms with Gasteiger partial charge in [-0.25, -0.2) is 0 Å². The second-order valence-electron chi connectivity index (χ2n) is 2.05. The van der Waals surface area contributed by atoms with Crippen LogP contribution in [0.3, 0.4) is 0 Å². The van der Waals surface area contributed by atoms with Crippen molar-refractivity contribution in [2.75, 3.05) is 0 Å². The zero-order valence-electron chi connectivity index (χ0n) is 5.63. The molecule has 0 bridgehead atoms. The smallest absolute Gasteiger partial charge is 0.000580 e. The highest BCUT2D eigenvalue weighted by molar-refractivity contribution is 6.25. The fourth-order valence-electron chi connectivity index (χ4n) is 0.795. The van der Waals surface area contributed by atoms with Crippen molar-refractivity contribution in [1.82, 2.24) is 0 Å². The minimum atomic E-state index is 0.921. The van der Waals surface area contributed by atoms with Gasteiger partial charge in [-0.2, -0.15) is 0 Å². The Morgan fingerprint density at radius 1 is 1.20 bits per heavy atom. The molecule has 1 aromatic carbocycles. The average Bonchev–Trinajstić information content (AvgIpc) is 2.03. The number of rotatable bonds is 2. The fourth-order valence-corrected chi connectivity index (χ4v) is 0.884. The summed E-state index contributed by atoms with van der Waals surface area (Å²) in [7, 11) is 0. The van der Waals surface area contributed by atoms with Crippen LogP contribution in [0.4, 0.5) is 0 Å². The second kappa shape index (κ2) is 4.13. The first-order valence-corrected chi connectivity index (χ1v) is 3.66. The molecule has 0 saturated carbocycles. The third-order valence-electron chi connectivity index (χ3n) is 1.29. The van der Waals surface area contributed by atoms with Crippen LogP contribution in [0, 0.1) is 0 Å². The standard InChI is InChI=1S/C9H9Cl/c10-8-4-7-9-5-2-1-3-6-9/h1-6,8H,7H2/b8-4+. The highest BCUT2D eigenvalue weighted by atomic mass is 35.5. The van der Waals surface area contributed by atoms with E-state index in [1.807, 2.05) is 24.3 Å². The summed E-state index contributed by atoms with van der Waals surface area (Å²) >= 11 is 5.37. The van der Waals surface area contributed by atoms with E-state index >= 15 is 0 Å². The lowest BCUT2D eigenvalue weighted by Gasteiger charge is -1.91. The molecule has 0 saturated heterocycles. The Hall–Kier alpha value is -0.750. The Bertz CT molecular complexity index is 201. The topological polar surface area (TPSA) is 0 Å². The van der Waals surface area contributed by atoms with Gasteiger partial charge in [-0.05, 0) is 12.0 Å². The molecular formula is C9H9Cl. The zero-order valence-corrected chi connectivity index (χ0v) is 6.38. The Kier molecular flexibility index (Phi) is 3.04. The molecule has 0 nitrogen and oxygen atoms in total. The van der Waals surface area contributed by atoms with E-state index in [1.165, 1.54) is 5.56 Å². The molecule has 0 spiro atoms. The molecule has 0 aliphatic heterocycles. The zero-order chi connectivity index (χ0) is 7.23. The van der Waals surface area contributed by atoms with Crippen LogP contribution in [0.15, 0.2) is 41.9 Å². The van der Waals surface area contributed by atoms with Gasteiger partial charge in [0, 0.05) is 5.54 Å². The van der Waals surface area contributed by atoms with Crippen molar-refractivity contribution < 1.29 is 0 Å². The monoisotopic (exact) mass is 152 g/mol. The molecule has 1 rings (SSSR count). The van der Waals surface area contributed by atoms with Gasteiger partial charge in [0.25, 0.3) is 0 Å². The maximum atomic E-state index is 5.37. The van der Waals surface area contributed by atoms with E-state index in [2.05, 4.69) is 12.1 Å². The van der Waals surface area contributed by atoms with Gasteiger partial charge < -0.3 is 0 Å². The Morgan fingerprint density at radius 2 is 1.90 bits per heavy atom. The van der Waals surface area contributed by atoms with Gasteiger partial charge in [0.15, 0.2) is 0 Å². The summed E-state index contributed by atoms with van der Waals surface area (Å²) < 4.78 is 0. The van der Waals surface area contributed by atoms with Gasteiger partial charge in [0.1, 0.15) is 0 Å². The molecule has 0 unspecified atom stereocenters. The van der Waals surface area contributed by atoms with Crippen molar-refractivity contribution in [1.29, 1.82) is 0 Å². The van der Waals surface area contributed by atoms with E-state index in [0.29, 0.717) is 0 Å². The molecule has 1 aromatic rings. The molecule has 10 heavy (non-hydrogen) atoms. The van der Waals surface area contributed by atoms with Crippen LogP contribution in [0.2, 0.25) is 0 Å². The SMILES string of the molecule is Cl/C=C/Cc1ccccc1. The molecule has 0 N–H and O–H groups in total. The molecule has 0 amide bonds. The van der Waals surface area contributed by atoms with Crippen molar-refractivity contribution in [3.63, 3.8) is 0 Å². The van der Waals surface area contributed by atoms with Gasteiger partial charge >= 0.3 is 0 Å². The highest BCUT2D eigenvalue weighted by Gasteiger charge is 1.83.